The average Bonchev–Trinajstić information content (AvgIpc) is 2.90. The number of ether oxygens (including phenoxy) is 1. The summed E-state index contributed by atoms with van der Waals surface area (Å²) in [5.74, 6) is 1.02. The van der Waals surface area contributed by atoms with Gasteiger partial charge in [0, 0.05) is 11.1 Å². The van der Waals surface area contributed by atoms with Crippen LogP contribution in [0, 0.1) is 0 Å². The van der Waals surface area contributed by atoms with Gasteiger partial charge in [-0.1, -0.05) is 72.8 Å². The van der Waals surface area contributed by atoms with E-state index in [0.29, 0.717) is 28.3 Å². The van der Waals surface area contributed by atoms with Crippen molar-refractivity contribution in [1.29, 1.82) is 0 Å². The number of methoxy groups -OCH3 is 1. The minimum atomic E-state index is -0.186. The van der Waals surface area contributed by atoms with E-state index in [4.69, 9.17) is 14.8 Å². The van der Waals surface area contributed by atoms with Gasteiger partial charge in [-0.05, 0) is 36.4 Å². The molecule has 0 aliphatic rings. The maximum atomic E-state index is 13.5. The zero-order valence-electron chi connectivity index (χ0n) is 18.6. The average molecular weight is 447 g/mol. The molecule has 0 bridgehead atoms. The standard InChI is InChI=1S/C28H22N4O2/c1-34-23-18-16-22(17-19-23)32-27(33)24-14-8-9-15-25(24)29-28(32)31-30-26(20-10-4-2-5-11-20)21-12-6-3-7-13-21/h2-19H,1H3,(H,29,31). The van der Waals surface area contributed by atoms with Crippen LogP contribution in [0.3, 0.4) is 0 Å². The summed E-state index contributed by atoms with van der Waals surface area (Å²) in [7, 11) is 1.61. The molecule has 0 unspecified atom stereocenters. The molecule has 0 amide bonds. The van der Waals surface area contributed by atoms with Crippen LogP contribution in [0.25, 0.3) is 16.6 Å². The molecule has 5 rings (SSSR count). The van der Waals surface area contributed by atoms with E-state index in [1.807, 2.05) is 103 Å². The molecule has 34 heavy (non-hydrogen) atoms. The van der Waals surface area contributed by atoms with Gasteiger partial charge in [0.15, 0.2) is 0 Å². The van der Waals surface area contributed by atoms with Crippen LogP contribution in [-0.4, -0.2) is 22.4 Å². The van der Waals surface area contributed by atoms with Crippen LogP contribution in [0.4, 0.5) is 5.95 Å². The lowest BCUT2D eigenvalue weighted by Gasteiger charge is -2.14. The van der Waals surface area contributed by atoms with Crippen molar-refractivity contribution in [3.05, 3.63) is 131 Å². The lowest BCUT2D eigenvalue weighted by Crippen LogP contribution is -2.23. The first-order valence-corrected chi connectivity index (χ1v) is 10.9. The quantitative estimate of drug-likeness (QED) is 0.285. The predicted molar refractivity (Wildman–Crippen MR) is 136 cm³/mol. The highest BCUT2D eigenvalue weighted by molar-refractivity contribution is 6.13. The molecule has 0 spiro atoms. The molecule has 0 fully saturated rings. The van der Waals surface area contributed by atoms with Gasteiger partial charge in [0.1, 0.15) is 5.75 Å². The third-order valence-corrected chi connectivity index (χ3v) is 5.47. The Morgan fingerprint density at radius 3 is 2.00 bits per heavy atom. The van der Waals surface area contributed by atoms with Gasteiger partial charge in [0.25, 0.3) is 5.56 Å². The van der Waals surface area contributed by atoms with Gasteiger partial charge >= 0.3 is 0 Å². The number of hydrazone groups is 1. The zero-order valence-corrected chi connectivity index (χ0v) is 18.6. The van der Waals surface area contributed by atoms with E-state index in [0.717, 1.165) is 16.8 Å². The zero-order chi connectivity index (χ0) is 23.3. The second-order valence-corrected chi connectivity index (χ2v) is 7.60. The molecular formula is C28H22N4O2. The molecule has 6 nitrogen and oxygen atoms in total. The van der Waals surface area contributed by atoms with Crippen LogP contribution in [0.15, 0.2) is 119 Å². The Kier molecular flexibility index (Phi) is 5.86. The van der Waals surface area contributed by atoms with Crippen molar-refractivity contribution in [2.45, 2.75) is 0 Å². The van der Waals surface area contributed by atoms with E-state index in [1.165, 1.54) is 4.57 Å². The molecule has 1 N–H and O–H groups in total. The largest absolute Gasteiger partial charge is 0.497 e. The first kappa shape index (κ1) is 21.2. The van der Waals surface area contributed by atoms with E-state index in [1.54, 1.807) is 13.2 Å². The number of nitrogens with zero attached hydrogens (tertiary/aromatic N) is 3. The van der Waals surface area contributed by atoms with Crippen molar-refractivity contribution < 1.29 is 4.74 Å². The Morgan fingerprint density at radius 1 is 0.794 bits per heavy atom. The Bertz CT molecular complexity index is 1470. The number of fused-ring (bicyclic) bond motifs is 1. The molecule has 0 saturated carbocycles. The smallest absolute Gasteiger partial charge is 0.267 e. The fraction of sp³-hybridized carbons (Fsp3) is 0.0357. The van der Waals surface area contributed by atoms with Gasteiger partial charge in [0.05, 0.1) is 29.4 Å². The van der Waals surface area contributed by atoms with Gasteiger partial charge in [-0.2, -0.15) is 5.10 Å². The summed E-state index contributed by atoms with van der Waals surface area (Å²) in [5, 5.41) is 5.25. The molecule has 6 heteroatoms. The maximum absolute atomic E-state index is 13.5. The number of nitrogens with one attached hydrogen (secondary N) is 1. The summed E-state index contributed by atoms with van der Waals surface area (Å²) >= 11 is 0. The second-order valence-electron chi connectivity index (χ2n) is 7.60. The summed E-state index contributed by atoms with van der Waals surface area (Å²) in [6, 6.07) is 34.3. The first-order chi connectivity index (χ1) is 16.7. The summed E-state index contributed by atoms with van der Waals surface area (Å²) in [6.07, 6.45) is 0. The summed E-state index contributed by atoms with van der Waals surface area (Å²) in [4.78, 5) is 18.2. The number of anilines is 1. The minimum Gasteiger partial charge on any atom is -0.497 e. The molecule has 1 aromatic heterocycles. The highest BCUT2D eigenvalue weighted by Gasteiger charge is 2.14. The number of hydrogen-bond donors (Lipinski definition) is 1. The van der Waals surface area contributed by atoms with Gasteiger partial charge < -0.3 is 4.74 Å². The number of hydrogen-bond acceptors (Lipinski definition) is 5. The van der Waals surface area contributed by atoms with E-state index >= 15 is 0 Å². The van der Waals surface area contributed by atoms with Crippen molar-refractivity contribution >= 4 is 22.6 Å². The van der Waals surface area contributed by atoms with E-state index < -0.39 is 0 Å². The Morgan fingerprint density at radius 2 is 1.38 bits per heavy atom. The highest BCUT2D eigenvalue weighted by Crippen LogP contribution is 2.20. The third-order valence-electron chi connectivity index (χ3n) is 5.47. The molecule has 0 radical (unpaired) electrons. The van der Waals surface area contributed by atoms with Crippen LogP contribution in [-0.2, 0) is 0 Å². The molecule has 0 atom stereocenters. The Labute approximate surface area is 196 Å². The number of para-hydroxylation sites is 1. The Hall–Kier alpha value is -4.71. The van der Waals surface area contributed by atoms with Crippen LogP contribution in [0.2, 0.25) is 0 Å². The lowest BCUT2D eigenvalue weighted by atomic mass is 10.0. The highest BCUT2D eigenvalue weighted by atomic mass is 16.5. The summed E-state index contributed by atoms with van der Waals surface area (Å²) < 4.78 is 6.80. The molecule has 1 heterocycles. The monoisotopic (exact) mass is 446 g/mol. The SMILES string of the molecule is COc1ccc(-n2c(NN=C(c3ccccc3)c3ccccc3)nc3ccccc3c2=O)cc1. The van der Waals surface area contributed by atoms with Gasteiger partial charge in [-0.25, -0.2) is 15.0 Å². The topological polar surface area (TPSA) is 68.5 Å². The lowest BCUT2D eigenvalue weighted by molar-refractivity contribution is 0.414. The molecule has 0 aliphatic carbocycles. The van der Waals surface area contributed by atoms with Crippen LogP contribution < -0.4 is 15.7 Å². The fourth-order valence-electron chi connectivity index (χ4n) is 3.77. The Balaban J connectivity index is 1.67. The second kappa shape index (κ2) is 9.42. The molecule has 5 aromatic rings. The minimum absolute atomic E-state index is 0.186. The van der Waals surface area contributed by atoms with Crippen molar-refractivity contribution in [2.24, 2.45) is 5.10 Å². The molecule has 0 aliphatic heterocycles. The van der Waals surface area contributed by atoms with Crippen LogP contribution in [0.1, 0.15) is 11.1 Å². The summed E-state index contributed by atoms with van der Waals surface area (Å²) in [6.45, 7) is 0. The van der Waals surface area contributed by atoms with Gasteiger partial charge in [-0.3, -0.25) is 4.79 Å². The number of aromatic nitrogens is 2. The van der Waals surface area contributed by atoms with Crippen molar-refractivity contribution in [3.63, 3.8) is 0 Å². The van der Waals surface area contributed by atoms with Crippen molar-refractivity contribution in [2.75, 3.05) is 12.5 Å². The van der Waals surface area contributed by atoms with E-state index in [9.17, 15) is 4.79 Å². The van der Waals surface area contributed by atoms with Crippen LogP contribution >= 0.6 is 0 Å². The molecule has 0 saturated heterocycles. The predicted octanol–water partition coefficient (Wildman–Crippen LogP) is 5.26. The van der Waals surface area contributed by atoms with E-state index in [2.05, 4.69) is 5.43 Å². The normalized spacial score (nSPS) is 10.6. The van der Waals surface area contributed by atoms with Gasteiger partial charge in [-0.15, -0.1) is 0 Å². The molecule has 4 aromatic carbocycles. The number of benzene rings is 4. The van der Waals surface area contributed by atoms with E-state index in [-0.39, 0.29) is 5.56 Å². The first-order valence-electron chi connectivity index (χ1n) is 10.9. The van der Waals surface area contributed by atoms with Crippen LogP contribution in [0.5, 0.6) is 5.75 Å². The molecule has 166 valence electrons. The van der Waals surface area contributed by atoms with Crippen molar-refractivity contribution in [3.8, 4) is 11.4 Å². The van der Waals surface area contributed by atoms with Gasteiger partial charge in [0.2, 0.25) is 5.95 Å². The summed E-state index contributed by atoms with van der Waals surface area (Å²) in [5.41, 5.74) is 6.77. The fourth-order valence-corrected chi connectivity index (χ4v) is 3.77. The third kappa shape index (κ3) is 4.17. The maximum Gasteiger partial charge on any atom is 0.267 e. The number of rotatable bonds is 6. The molecular weight excluding hydrogens is 424 g/mol. The van der Waals surface area contributed by atoms with Crippen molar-refractivity contribution in [1.82, 2.24) is 9.55 Å².